The lowest BCUT2D eigenvalue weighted by Gasteiger charge is -2.05. The molecule has 0 saturated carbocycles. The molecule has 4 aromatic rings. The summed E-state index contributed by atoms with van der Waals surface area (Å²) in [6, 6.07) is 12.9. The van der Waals surface area contributed by atoms with Gasteiger partial charge in [0.05, 0.1) is 11.3 Å². The van der Waals surface area contributed by atoms with E-state index >= 15 is 0 Å². The van der Waals surface area contributed by atoms with Crippen LogP contribution in [0.4, 0.5) is 5.82 Å². The quantitative estimate of drug-likeness (QED) is 0.627. The molecular weight excluding hydrogens is 306 g/mol. The molecule has 0 unspecified atom stereocenters. The first kappa shape index (κ1) is 14.1. The van der Waals surface area contributed by atoms with Gasteiger partial charge in [-0.3, -0.25) is 9.78 Å². The predicted molar refractivity (Wildman–Crippen MR) is 88.1 cm³/mol. The molecule has 4 rings (SSSR count). The van der Waals surface area contributed by atoms with Gasteiger partial charge in [-0.2, -0.15) is 14.8 Å². The van der Waals surface area contributed by atoms with Crippen LogP contribution >= 0.6 is 0 Å². The highest BCUT2D eigenvalue weighted by atomic mass is 16.4. The number of nitrogens with zero attached hydrogens (tertiary/aromatic N) is 4. The Balaban J connectivity index is 1.71. The highest BCUT2D eigenvalue weighted by molar-refractivity contribution is 6.03. The fourth-order valence-electron chi connectivity index (χ4n) is 2.37. The highest BCUT2D eigenvalue weighted by Crippen LogP contribution is 2.22. The van der Waals surface area contributed by atoms with Crippen molar-refractivity contribution in [3.05, 3.63) is 66.1 Å². The molecule has 7 heteroatoms. The first-order chi connectivity index (χ1) is 11.7. The van der Waals surface area contributed by atoms with E-state index in [4.69, 9.17) is 4.42 Å². The van der Waals surface area contributed by atoms with Crippen LogP contribution < -0.4 is 5.32 Å². The number of benzene rings is 1. The maximum absolute atomic E-state index is 12.3. The van der Waals surface area contributed by atoms with Crippen LogP contribution in [0.2, 0.25) is 0 Å². The van der Waals surface area contributed by atoms with Crippen molar-refractivity contribution < 1.29 is 9.21 Å². The normalized spacial score (nSPS) is 10.9. The fraction of sp³-hybridized carbons (Fsp3) is 0.0588. The van der Waals surface area contributed by atoms with Gasteiger partial charge < -0.3 is 9.73 Å². The maximum atomic E-state index is 12.3. The van der Waals surface area contributed by atoms with E-state index in [2.05, 4.69) is 20.4 Å². The number of amides is 1. The number of nitrogens with one attached hydrogen (secondary N) is 1. The number of carbonyl (C=O) groups excluding carboxylic acids is 1. The van der Waals surface area contributed by atoms with E-state index in [1.54, 1.807) is 24.4 Å². The van der Waals surface area contributed by atoms with E-state index in [0.717, 1.165) is 11.2 Å². The lowest BCUT2D eigenvalue weighted by molar-refractivity contribution is 0.102. The van der Waals surface area contributed by atoms with Gasteiger partial charge in [-0.15, -0.1) is 0 Å². The largest absolute Gasteiger partial charge is 0.422 e. The first-order valence-corrected chi connectivity index (χ1v) is 7.35. The number of rotatable bonds is 3. The van der Waals surface area contributed by atoms with Crippen LogP contribution in [0.3, 0.4) is 0 Å². The molecule has 0 fully saturated rings. The SMILES string of the molecule is Cc1cc(NC(=O)c2cccnc2)n(-c2nc3ccccc3o2)n1. The van der Waals surface area contributed by atoms with Gasteiger partial charge in [-0.25, -0.2) is 0 Å². The van der Waals surface area contributed by atoms with Crippen molar-refractivity contribution >= 4 is 22.8 Å². The van der Waals surface area contributed by atoms with Gasteiger partial charge in [0, 0.05) is 18.5 Å². The van der Waals surface area contributed by atoms with Crippen molar-refractivity contribution in [1.82, 2.24) is 19.7 Å². The van der Waals surface area contributed by atoms with Crippen LogP contribution in [-0.4, -0.2) is 25.7 Å². The fourth-order valence-corrected chi connectivity index (χ4v) is 2.37. The predicted octanol–water partition coefficient (Wildman–Crippen LogP) is 2.97. The van der Waals surface area contributed by atoms with Crippen LogP contribution in [0, 0.1) is 6.92 Å². The number of fused-ring (bicyclic) bond motifs is 1. The van der Waals surface area contributed by atoms with E-state index in [1.165, 1.54) is 10.9 Å². The van der Waals surface area contributed by atoms with Gasteiger partial charge in [-0.05, 0) is 31.2 Å². The summed E-state index contributed by atoms with van der Waals surface area (Å²) in [5.74, 6) is 0.202. The number of oxazole rings is 1. The Morgan fingerprint density at radius 2 is 2.08 bits per heavy atom. The second-order valence-electron chi connectivity index (χ2n) is 5.24. The minimum atomic E-state index is -0.277. The molecule has 3 heterocycles. The smallest absolute Gasteiger partial charge is 0.325 e. The van der Waals surface area contributed by atoms with E-state index in [1.807, 2.05) is 31.2 Å². The summed E-state index contributed by atoms with van der Waals surface area (Å²) in [5, 5.41) is 7.16. The molecule has 118 valence electrons. The highest BCUT2D eigenvalue weighted by Gasteiger charge is 2.16. The maximum Gasteiger partial charge on any atom is 0.325 e. The van der Waals surface area contributed by atoms with Gasteiger partial charge in [0.1, 0.15) is 11.3 Å². The number of hydrogen-bond acceptors (Lipinski definition) is 5. The Kier molecular flexibility index (Phi) is 3.31. The number of carbonyl (C=O) groups is 1. The van der Waals surface area contributed by atoms with E-state index in [9.17, 15) is 4.79 Å². The molecule has 1 N–H and O–H groups in total. The number of para-hydroxylation sites is 2. The van der Waals surface area contributed by atoms with Crippen LogP contribution in [0.15, 0.2) is 59.3 Å². The van der Waals surface area contributed by atoms with Gasteiger partial charge >= 0.3 is 6.01 Å². The number of anilines is 1. The summed E-state index contributed by atoms with van der Waals surface area (Å²) in [7, 11) is 0. The molecule has 7 nitrogen and oxygen atoms in total. The second kappa shape index (κ2) is 5.62. The van der Waals surface area contributed by atoms with Crippen LogP contribution in [0.1, 0.15) is 16.1 Å². The number of aryl methyl sites for hydroxylation is 1. The third kappa shape index (κ3) is 2.52. The molecule has 0 aliphatic heterocycles. The molecule has 3 aromatic heterocycles. The Bertz CT molecular complexity index is 987. The molecule has 0 atom stereocenters. The van der Waals surface area contributed by atoms with Gasteiger partial charge in [-0.1, -0.05) is 12.1 Å². The van der Waals surface area contributed by atoms with Crippen LogP contribution in [0.25, 0.3) is 17.1 Å². The van der Waals surface area contributed by atoms with E-state index in [0.29, 0.717) is 23.0 Å². The molecule has 1 amide bonds. The van der Waals surface area contributed by atoms with Gasteiger partial charge in [0.2, 0.25) is 0 Å². The summed E-state index contributed by atoms with van der Waals surface area (Å²) in [4.78, 5) is 20.7. The van der Waals surface area contributed by atoms with Crippen molar-refractivity contribution in [1.29, 1.82) is 0 Å². The molecule has 0 radical (unpaired) electrons. The van der Waals surface area contributed by atoms with Crippen molar-refractivity contribution in [2.45, 2.75) is 6.92 Å². The average molecular weight is 319 g/mol. The molecular formula is C17H13N5O2. The average Bonchev–Trinajstić information content (AvgIpc) is 3.18. The van der Waals surface area contributed by atoms with E-state index in [-0.39, 0.29) is 5.91 Å². The Morgan fingerprint density at radius 1 is 1.21 bits per heavy atom. The molecule has 0 bridgehead atoms. The molecule has 24 heavy (non-hydrogen) atoms. The summed E-state index contributed by atoms with van der Waals surface area (Å²) < 4.78 is 7.20. The van der Waals surface area contributed by atoms with Gasteiger partial charge in [0.25, 0.3) is 5.91 Å². The summed E-state index contributed by atoms with van der Waals surface area (Å²) >= 11 is 0. The lowest BCUT2D eigenvalue weighted by atomic mass is 10.3. The molecule has 0 aliphatic rings. The monoisotopic (exact) mass is 319 g/mol. The zero-order valence-electron chi connectivity index (χ0n) is 12.8. The second-order valence-corrected chi connectivity index (χ2v) is 5.24. The van der Waals surface area contributed by atoms with Crippen molar-refractivity contribution in [3.63, 3.8) is 0 Å². The van der Waals surface area contributed by atoms with Crippen LogP contribution in [0.5, 0.6) is 0 Å². The lowest BCUT2D eigenvalue weighted by Crippen LogP contribution is -2.15. The Hall–Kier alpha value is -3.48. The summed E-state index contributed by atoms with van der Waals surface area (Å²) in [6.45, 7) is 1.83. The standard InChI is InChI=1S/C17H13N5O2/c1-11-9-15(20-16(23)12-5-4-8-18-10-12)22(21-11)17-19-13-6-2-3-7-14(13)24-17/h2-10H,1H3,(H,20,23). The first-order valence-electron chi connectivity index (χ1n) is 7.35. The zero-order valence-corrected chi connectivity index (χ0v) is 12.8. The zero-order chi connectivity index (χ0) is 16.5. The van der Waals surface area contributed by atoms with Gasteiger partial charge in [0.15, 0.2) is 5.58 Å². The third-order valence-electron chi connectivity index (χ3n) is 3.46. The number of hydrogen-bond donors (Lipinski definition) is 1. The van der Waals surface area contributed by atoms with Crippen molar-refractivity contribution in [2.24, 2.45) is 0 Å². The molecule has 0 saturated heterocycles. The summed E-state index contributed by atoms with van der Waals surface area (Å²) in [5.41, 5.74) is 2.58. The van der Waals surface area contributed by atoms with E-state index < -0.39 is 0 Å². The Labute approximate surface area is 137 Å². The molecule has 0 aliphatic carbocycles. The minimum Gasteiger partial charge on any atom is -0.422 e. The topological polar surface area (TPSA) is 85.8 Å². The number of aromatic nitrogens is 4. The minimum absolute atomic E-state index is 0.277. The summed E-state index contributed by atoms with van der Waals surface area (Å²) in [6.07, 6.45) is 3.12. The third-order valence-corrected chi connectivity index (χ3v) is 3.46. The van der Waals surface area contributed by atoms with Crippen molar-refractivity contribution in [2.75, 3.05) is 5.32 Å². The molecule has 0 spiro atoms. The van der Waals surface area contributed by atoms with Crippen molar-refractivity contribution in [3.8, 4) is 6.01 Å². The number of pyridine rings is 1. The Morgan fingerprint density at radius 3 is 2.88 bits per heavy atom. The van der Waals surface area contributed by atoms with Crippen LogP contribution in [-0.2, 0) is 0 Å². The molecule has 1 aromatic carbocycles.